The zero-order valence-electron chi connectivity index (χ0n) is 12.1. The summed E-state index contributed by atoms with van der Waals surface area (Å²) in [5.41, 5.74) is 2.02. The summed E-state index contributed by atoms with van der Waals surface area (Å²) in [5, 5.41) is 22.4. The lowest BCUT2D eigenvalue weighted by Crippen LogP contribution is -2.12. The molecular formula is C16H19NO4. The quantitative estimate of drug-likeness (QED) is 0.761. The second kappa shape index (κ2) is 6.85. The molecule has 112 valence electrons. The zero-order valence-corrected chi connectivity index (χ0v) is 12.1. The number of phenols is 2. The average molecular weight is 289 g/mol. The van der Waals surface area contributed by atoms with Crippen LogP contribution >= 0.6 is 0 Å². The Morgan fingerprint density at radius 3 is 1.62 bits per heavy atom. The van der Waals surface area contributed by atoms with E-state index < -0.39 is 0 Å². The first kappa shape index (κ1) is 15.0. The van der Waals surface area contributed by atoms with E-state index in [0.29, 0.717) is 24.6 Å². The first-order chi connectivity index (χ1) is 10.1. The second-order valence-corrected chi connectivity index (χ2v) is 4.62. The molecule has 2 aromatic carbocycles. The summed E-state index contributed by atoms with van der Waals surface area (Å²) in [6.45, 7) is 1.28. The van der Waals surface area contributed by atoms with Crippen LogP contribution < -0.4 is 14.8 Å². The number of nitrogens with one attached hydrogen (secondary N) is 1. The van der Waals surface area contributed by atoms with Gasteiger partial charge in [0.15, 0.2) is 23.0 Å². The van der Waals surface area contributed by atoms with Crippen molar-refractivity contribution < 1.29 is 19.7 Å². The number of methoxy groups -OCH3 is 2. The van der Waals surface area contributed by atoms with Gasteiger partial charge in [-0.15, -0.1) is 0 Å². The smallest absolute Gasteiger partial charge is 0.160 e. The Balaban J connectivity index is 1.95. The van der Waals surface area contributed by atoms with E-state index in [9.17, 15) is 10.2 Å². The van der Waals surface area contributed by atoms with Crippen molar-refractivity contribution in [2.45, 2.75) is 13.1 Å². The Hall–Kier alpha value is -2.40. The summed E-state index contributed by atoms with van der Waals surface area (Å²) >= 11 is 0. The molecule has 0 fully saturated rings. The minimum absolute atomic E-state index is 0.129. The van der Waals surface area contributed by atoms with Crippen LogP contribution in [0.1, 0.15) is 11.1 Å². The van der Waals surface area contributed by atoms with Crippen LogP contribution in [0.3, 0.4) is 0 Å². The highest BCUT2D eigenvalue weighted by Crippen LogP contribution is 2.27. The van der Waals surface area contributed by atoms with E-state index in [4.69, 9.17) is 9.47 Å². The summed E-state index contributed by atoms with van der Waals surface area (Å²) in [5.74, 6) is 1.18. The number of hydrogen-bond donors (Lipinski definition) is 3. The summed E-state index contributed by atoms with van der Waals surface area (Å²) in [4.78, 5) is 0. The lowest BCUT2D eigenvalue weighted by atomic mass is 10.1. The molecule has 0 aliphatic carbocycles. The van der Waals surface area contributed by atoms with Gasteiger partial charge in [0, 0.05) is 13.1 Å². The van der Waals surface area contributed by atoms with Crippen molar-refractivity contribution in [3.05, 3.63) is 47.5 Å². The van der Waals surface area contributed by atoms with Crippen LogP contribution in [-0.4, -0.2) is 24.4 Å². The number of hydrogen-bond acceptors (Lipinski definition) is 5. The van der Waals surface area contributed by atoms with E-state index in [2.05, 4.69) is 5.32 Å². The molecular weight excluding hydrogens is 270 g/mol. The van der Waals surface area contributed by atoms with Gasteiger partial charge in [-0.3, -0.25) is 0 Å². The maximum absolute atomic E-state index is 9.54. The van der Waals surface area contributed by atoms with Crippen LogP contribution in [0.5, 0.6) is 23.0 Å². The molecule has 21 heavy (non-hydrogen) atoms. The summed E-state index contributed by atoms with van der Waals surface area (Å²) in [7, 11) is 3.05. The van der Waals surface area contributed by atoms with Crippen molar-refractivity contribution in [3.63, 3.8) is 0 Å². The maximum Gasteiger partial charge on any atom is 0.160 e. The number of benzene rings is 2. The molecule has 0 aliphatic rings. The summed E-state index contributed by atoms with van der Waals surface area (Å²) < 4.78 is 10.1. The number of phenolic OH excluding ortho intramolecular Hbond substituents is 2. The van der Waals surface area contributed by atoms with Crippen molar-refractivity contribution in [3.8, 4) is 23.0 Å². The molecule has 0 aromatic heterocycles. The fraction of sp³-hybridized carbons (Fsp3) is 0.250. The van der Waals surface area contributed by atoms with Gasteiger partial charge in [0.25, 0.3) is 0 Å². The number of ether oxygens (including phenoxy) is 2. The van der Waals surface area contributed by atoms with Crippen LogP contribution in [0.2, 0.25) is 0 Å². The normalized spacial score (nSPS) is 10.4. The van der Waals surface area contributed by atoms with E-state index in [1.807, 2.05) is 12.1 Å². The minimum atomic E-state index is 0.129. The largest absolute Gasteiger partial charge is 0.504 e. The highest BCUT2D eigenvalue weighted by molar-refractivity contribution is 5.42. The Bertz CT molecular complexity index is 560. The molecule has 5 nitrogen and oxygen atoms in total. The van der Waals surface area contributed by atoms with Gasteiger partial charge in [-0.05, 0) is 35.4 Å². The molecule has 0 saturated heterocycles. The van der Waals surface area contributed by atoms with E-state index in [1.54, 1.807) is 24.3 Å². The second-order valence-electron chi connectivity index (χ2n) is 4.62. The van der Waals surface area contributed by atoms with E-state index in [0.717, 1.165) is 11.1 Å². The van der Waals surface area contributed by atoms with Gasteiger partial charge in [-0.1, -0.05) is 12.1 Å². The van der Waals surface area contributed by atoms with Crippen LogP contribution in [0.25, 0.3) is 0 Å². The monoisotopic (exact) mass is 289 g/mol. The molecule has 2 aromatic rings. The highest BCUT2D eigenvalue weighted by Gasteiger charge is 2.04. The SMILES string of the molecule is COc1cc(CNCc2ccc(O)c(OC)c2)ccc1O. The van der Waals surface area contributed by atoms with E-state index in [1.165, 1.54) is 14.2 Å². The summed E-state index contributed by atoms with van der Waals surface area (Å²) in [6, 6.07) is 10.5. The molecule has 0 amide bonds. The van der Waals surface area contributed by atoms with Gasteiger partial charge >= 0.3 is 0 Å². The molecule has 0 unspecified atom stereocenters. The van der Waals surface area contributed by atoms with Crippen LogP contribution in [-0.2, 0) is 13.1 Å². The molecule has 3 N–H and O–H groups in total. The third-order valence-corrected chi connectivity index (χ3v) is 3.15. The minimum Gasteiger partial charge on any atom is -0.504 e. The molecule has 5 heteroatoms. The van der Waals surface area contributed by atoms with Gasteiger partial charge in [0.05, 0.1) is 14.2 Å². The van der Waals surface area contributed by atoms with Crippen molar-refractivity contribution in [2.75, 3.05) is 14.2 Å². The Morgan fingerprint density at radius 1 is 0.810 bits per heavy atom. The molecule has 2 rings (SSSR count). The molecule has 0 heterocycles. The molecule has 0 aliphatic heterocycles. The number of aromatic hydroxyl groups is 2. The Labute approximate surface area is 123 Å². The van der Waals surface area contributed by atoms with Crippen molar-refractivity contribution in [1.29, 1.82) is 0 Å². The molecule has 0 saturated carbocycles. The standard InChI is InChI=1S/C16H19NO4/c1-20-15-7-11(3-5-13(15)18)9-17-10-12-4-6-14(19)16(8-12)21-2/h3-8,17-19H,9-10H2,1-2H3. The predicted octanol–water partition coefficient (Wildman–Crippen LogP) is 2.40. The fourth-order valence-electron chi connectivity index (χ4n) is 2.02. The number of rotatable bonds is 6. The Kier molecular flexibility index (Phi) is 4.90. The van der Waals surface area contributed by atoms with E-state index in [-0.39, 0.29) is 11.5 Å². The van der Waals surface area contributed by atoms with Crippen molar-refractivity contribution in [1.82, 2.24) is 5.32 Å². The fourth-order valence-corrected chi connectivity index (χ4v) is 2.02. The first-order valence-electron chi connectivity index (χ1n) is 6.56. The van der Waals surface area contributed by atoms with Gasteiger partial charge in [0.1, 0.15) is 0 Å². The van der Waals surface area contributed by atoms with Crippen molar-refractivity contribution >= 4 is 0 Å². The average Bonchev–Trinajstić information content (AvgIpc) is 2.50. The Morgan fingerprint density at radius 2 is 1.24 bits per heavy atom. The molecule has 0 bridgehead atoms. The third-order valence-electron chi connectivity index (χ3n) is 3.15. The maximum atomic E-state index is 9.54. The van der Waals surface area contributed by atoms with Crippen molar-refractivity contribution in [2.24, 2.45) is 0 Å². The lowest BCUT2D eigenvalue weighted by Gasteiger charge is -2.09. The molecule has 0 spiro atoms. The zero-order chi connectivity index (χ0) is 15.2. The predicted molar refractivity (Wildman–Crippen MR) is 79.9 cm³/mol. The molecule has 0 atom stereocenters. The van der Waals surface area contributed by atoms with Crippen LogP contribution in [0.15, 0.2) is 36.4 Å². The first-order valence-corrected chi connectivity index (χ1v) is 6.56. The highest BCUT2D eigenvalue weighted by atomic mass is 16.5. The van der Waals surface area contributed by atoms with E-state index >= 15 is 0 Å². The van der Waals surface area contributed by atoms with Gasteiger partial charge in [-0.25, -0.2) is 0 Å². The molecule has 0 radical (unpaired) electrons. The topological polar surface area (TPSA) is 71.0 Å². The van der Waals surface area contributed by atoms with Gasteiger partial charge in [-0.2, -0.15) is 0 Å². The van der Waals surface area contributed by atoms with Crippen LogP contribution in [0.4, 0.5) is 0 Å². The van der Waals surface area contributed by atoms with Crippen LogP contribution in [0, 0.1) is 0 Å². The third kappa shape index (κ3) is 3.79. The summed E-state index contributed by atoms with van der Waals surface area (Å²) in [6.07, 6.45) is 0. The lowest BCUT2D eigenvalue weighted by molar-refractivity contribution is 0.372. The van der Waals surface area contributed by atoms with Gasteiger partial charge < -0.3 is 25.0 Å². The van der Waals surface area contributed by atoms with Gasteiger partial charge in [0.2, 0.25) is 0 Å².